The van der Waals surface area contributed by atoms with Gasteiger partial charge in [-0.05, 0) is 32.9 Å². The quantitative estimate of drug-likeness (QED) is 0.853. The maximum absolute atomic E-state index is 10.8. The van der Waals surface area contributed by atoms with E-state index in [1.807, 2.05) is 11.9 Å². The predicted octanol–water partition coefficient (Wildman–Crippen LogP) is 2.02. The molecule has 19 heavy (non-hydrogen) atoms. The summed E-state index contributed by atoms with van der Waals surface area (Å²) in [4.78, 5) is 12.9. The number of aliphatic hydroxyl groups is 1. The second-order valence-electron chi connectivity index (χ2n) is 5.60. The van der Waals surface area contributed by atoms with Gasteiger partial charge in [0.1, 0.15) is 5.76 Å². The van der Waals surface area contributed by atoms with E-state index < -0.39 is 11.6 Å². The molecule has 1 aromatic rings. The van der Waals surface area contributed by atoms with Gasteiger partial charge >= 0.3 is 5.97 Å². The van der Waals surface area contributed by atoms with Crippen LogP contribution in [0.4, 0.5) is 0 Å². The van der Waals surface area contributed by atoms with Gasteiger partial charge < -0.3 is 14.6 Å². The second-order valence-corrected chi connectivity index (χ2v) is 5.60. The van der Waals surface area contributed by atoms with Gasteiger partial charge in [-0.2, -0.15) is 0 Å². The molecular weight excluding hydrogens is 246 g/mol. The number of furan rings is 1. The Bertz CT molecular complexity index is 460. The van der Waals surface area contributed by atoms with E-state index in [1.165, 1.54) is 0 Å². The normalized spacial score (nSPS) is 18.1. The maximum Gasteiger partial charge on any atom is 0.371 e. The lowest BCUT2D eigenvalue weighted by atomic mass is 10.0. The molecule has 2 rings (SSSR count). The van der Waals surface area contributed by atoms with E-state index in [-0.39, 0.29) is 5.76 Å². The summed E-state index contributed by atoms with van der Waals surface area (Å²) in [5, 5.41) is 19.2. The van der Waals surface area contributed by atoms with Crippen molar-refractivity contribution in [2.45, 2.75) is 44.8 Å². The van der Waals surface area contributed by atoms with Crippen molar-refractivity contribution >= 4 is 5.97 Å². The maximum atomic E-state index is 10.8. The third-order valence-electron chi connectivity index (χ3n) is 3.77. The van der Waals surface area contributed by atoms with Crippen molar-refractivity contribution in [2.24, 2.45) is 0 Å². The summed E-state index contributed by atoms with van der Waals surface area (Å²) in [5.74, 6) is -0.449. The van der Waals surface area contributed by atoms with Crippen LogP contribution in [0.15, 0.2) is 10.5 Å². The van der Waals surface area contributed by atoms with E-state index in [1.54, 1.807) is 13.0 Å². The molecule has 1 aromatic heterocycles. The second kappa shape index (κ2) is 5.35. The fourth-order valence-electron chi connectivity index (χ4n) is 2.82. The highest BCUT2D eigenvalue weighted by molar-refractivity contribution is 5.84. The van der Waals surface area contributed by atoms with Gasteiger partial charge in [-0.3, -0.25) is 4.90 Å². The van der Waals surface area contributed by atoms with Gasteiger partial charge in [0, 0.05) is 18.7 Å². The van der Waals surface area contributed by atoms with Gasteiger partial charge in [0.15, 0.2) is 0 Å². The molecule has 0 aliphatic heterocycles. The molecule has 0 atom stereocenters. The molecule has 0 bridgehead atoms. The van der Waals surface area contributed by atoms with Gasteiger partial charge in [0.2, 0.25) is 5.76 Å². The van der Waals surface area contributed by atoms with Crippen molar-refractivity contribution in [3.63, 3.8) is 0 Å². The molecule has 1 aliphatic rings. The number of aromatic carboxylic acids is 1. The van der Waals surface area contributed by atoms with Crippen molar-refractivity contribution in [3.05, 3.63) is 23.2 Å². The molecule has 0 spiro atoms. The van der Waals surface area contributed by atoms with Gasteiger partial charge in [-0.25, -0.2) is 4.79 Å². The molecule has 0 radical (unpaired) electrons. The predicted molar refractivity (Wildman–Crippen MR) is 70.2 cm³/mol. The number of carboxylic acid groups (broad SMARTS) is 1. The average Bonchev–Trinajstić information content (AvgIpc) is 2.86. The van der Waals surface area contributed by atoms with Gasteiger partial charge in [0.25, 0.3) is 0 Å². The Morgan fingerprint density at radius 2 is 2.11 bits per heavy atom. The number of carboxylic acids is 1. The topological polar surface area (TPSA) is 73.9 Å². The number of carbonyl (C=O) groups is 1. The van der Waals surface area contributed by atoms with Crippen LogP contribution in [0.2, 0.25) is 0 Å². The van der Waals surface area contributed by atoms with Crippen LogP contribution in [-0.2, 0) is 6.54 Å². The molecule has 0 amide bonds. The number of likely N-dealkylation sites (N-methyl/N-ethyl adjacent to an activating group) is 1. The molecule has 1 fully saturated rings. The molecule has 1 heterocycles. The third kappa shape index (κ3) is 3.36. The third-order valence-corrected chi connectivity index (χ3v) is 3.77. The first kappa shape index (κ1) is 14.1. The van der Waals surface area contributed by atoms with Crippen molar-refractivity contribution in [3.8, 4) is 0 Å². The Morgan fingerprint density at radius 1 is 1.47 bits per heavy atom. The van der Waals surface area contributed by atoms with E-state index in [4.69, 9.17) is 9.52 Å². The number of hydrogen-bond donors (Lipinski definition) is 2. The minimum Gasteiger partial charge on any atom is -0.475 e. The zero-order chi connectivity index (χ0) is 14.0. The van der Waals surface area contributed by atoms with E-state index in [9.17, 15) is 9.90 Å². The standard InChI is InChI=1S/C14H21NO4/c1-10-11(7-12(19-10)13(16)17)8-15(2)9-14(18)5-3-4-6-14/h7,18H,3-6,8-9H2,1-2H3,(H,16,17). The molecule has 1 saturated carbocycles. The molecule has 0 saturated heterocycles. The minimum atomic E-state index is -1.05. The Morgan fingerprint density at radius 3 is 2.63 bits per heavy atom. The summed E-state index contributed by atoms with van der Waals surface area (Å²) < 4.78 is 5.18. The van der Waals surface area contributed by atoms with Gasteiger partial charge in [-0.15, -0.1) is 0 Å². The van der Waals surface area contributed by atoms with Crippen LogP contribution in [0.3, 0.4) is 0 Å². The Hall–Kier alpha value is -1.33. The van der Waals surface area contributed by atoms with Gasteiger partial charge in [0.05, 0.1) is 5.60 Å². The first-order valence-electron chi connectivity index (χ1n) is 6.63. The molecule has 106 valence electrons. The summed E-state index contributed by atoms with van der Waals surface area (Å²) in [6.45, 7) is 2.96. The monoisotopic (exact) mass is 267 g/mol. The lowest BCUT2D eigenvalue weighted by Crippen LogP contribution is -2.38. The van der Waals surface area contributed by atoms with Crippen LogP contribution in [0.1, 0.15) is 47.6 Å². The number of nitrogens with zero attached hydrogens (tertiary/aromatic N) is 1. The summed E-state index contributed by atoms with van der Waals surface area (Å²) in [7, 11) is 1.93. The van der Waals surface area contributed by atoms with Crippen molar-refractivity contribution < 1.29 is 19.4 Å². The van der Waals surface area contributed by atoms with E-state index >= 15 is 0 Å². The lowest BCUT2D eigenvalue weighted by Gasteiger charge is -2.28. The van der Waals surface area contributed by atoms with Crippen LogP contribution in [0, 0.1) is 6.92 Å². The zero-order valence-corrected chi connectivity index (χ0v) is 11.5. The summed E-state index contributed by atoms with van der Waals surface area (Å²) in [5.41, 5.74) is 0.281. The zero-order valence-electron chi connectivity index (χ0n) is 11.5. The molecule has 1 aliphatic carbocycles. The molecule has 0 aromatic carbocycles. The van der Waals surface area contributed by atoms with Crippen LogP contribution in [0.5, 0.6) is 0 Å². The molecular formula is C14H21NO4. The first-order valence-corrected chi connectivity index (χ1v) is 6.63. The molecule has 5 nitrogen and oxygen atoms in total. The Balaban J connectivity index is 1.98. The number of hydrogen-bond acceptors (Lipinski definition) is 4. The van der Waals surface area contributed by atoms with Crippen molar-refractivity contribution in [1.82, 2.24) is 4.90 Å². The minimum absolute atomic E-state index is 0.0273. The highest BCUT2D eigenvalue weighted by Gasteiger charge is 2.32. The Kier molecular flexibility index (Phi) is 3.96. The number of rotatable bonds is 5. The highest BCUT2D eigenvalue weighted by Crippen LogP contribution is 2.30. The first-order chi connectivity index (χ1) is 8.89. The SMILES string of the molecule is Cc1oc(C(=O)O)cc1CN(C)CC1(O)CCCC1. The Labute approximate surface area is 112 Å². The lowest BCUT2D eigenvalue weighted by molar-refractivity contribution is 0.0144. The largest absolute Gasteiger partial charge is 0.475 e. The van der Waals surface area contributed by atoms with Crippen LogP contribution < -0.4 is 0 Å². The van der Waals surface area contributed by atoms with Crippen LogP contribution >= 0.6 is 0 Å². The van der Waals surface area contributed by atoms with Crippen molar-refractivity contribution in [1.29, 1.82) is 0 Å². The number of aryl methyl sites for hydroxylation is 1. The molecule has 0 unspecified atom stereocenters. The summed E-state index contributed by atoms with van der Waals surface area (Å²) in [6.07, 6.45) is 3.86. The van der Waals surface area contributed by atoms with E-state index in [0.717, 1.165) is 31.2 Å². The smallest absolute Gasteiger partial charge is 0.371 e. The summed E-state index contributed by atoms with van der Waals surface area (Å²) >= 11 is 0. The highest BCUT2D eigenvalue weighted by atomic mass is 16.4. The van der Waals surface area contributed by atoms with Crippen molar-refractivity contribution in [2.75, 3.05) is 13.6 Å². The molecule has 2 N–H and O–H groups in total. The molecule has 5 heteroatoms. The summed E-state index contributed by atoms with van der Waals surface area (Å²) in [6, 6.07) is 1.56. The van der Waals surface area contributed by atoms with Crippen LogP contribution in [0.25, 0.3) is 0 Å². The van der Waals surface area contributed by atoms with Gasteiger partial charge in [-0.1, -0.05) is 12.8 Å². The van der Waals surface area contributed by atoms with E-state index in [0.29, 0.717) is 18.8 Å². The van der Waals surface area contributed by atoms with E-state index in [2.05, 4.69) is 0 Å². The average molecular weight is 267 g/mol. The fraction of sp³-hybridized carbons (Fsp3) is 0.643. The fourth-order valence-corrected chi connectivity index (χ4v) is 2.82. The van der Waals surface area contributed by atoms with Crippen LogP contribution in [-0.4, -0.2) is 40.3 Å².